The molecule has 1 fully saturated rings. The maximum Gasteiger partial charge on any atom is 0.254 e. The fraction of sp³-hybridized carbons (Fsp3) is 0.364. The topological polar surface area (TPSA) is 40.6 Å². The van der Waals surface area contributed by atoms with Crippen LogP contribution in [0.3, 0.4) is 0 Å². The first-order valence-electron chi connectivity index (χ1n) is 9.44. The van der Waals surface area contributed by atoms with Gasteiger partial charge in [0.05, 0.1) is 0 Å². The van der Waals surface area contributed by atoms with Crippen LogP contribution >= 0.6 is 0 Å². The van der Waals surface area contributed by atoms with E-state index in [-0.39, 0.29) is 11.8 Å². The molecule has 2 amide bonds. The lowest BCUT2D eigenvalue weighted by atomic mass is 10.0. The predicted octanol–water partition coefficient (Wildman–Crippen LogP) is 3.48. The van der Waals surface area contributed by atoms with Gasteiger partial charge < -0.3 is 9.80 Å². The van der Waals surface area contributed by atoms with Gasteiger partial charge in [0.25, 0.3) is 5.91 Å². The SMILES string of the molecule is O=C(C[C@@H]1C=CCC1)N1CCN(C(=O)c2cccc3ccccc23)CC1. The first kappa shape index (κ1) is 16.8. The van der Waals surface area contributed by atoms with Gasteiger partial charge in [-0.3, -0.25) is 9.59 Å². The van der Waals surface area contributed by atoms with Gasteiger partial charge in [-0.15, -0.1) is 0 Å². The van der Waals surface area contributed by atoms with E-state index in [2.05, 4.69) is 12.2 Å². The van der Waals surface area contributed by atoms with E-state index in [1.807, 2.05) is 52.3 Å². The molecule has 2 aliphatic rings. The van der Waals surface area contributed by atoms with Crippen molar-refractivity contribution in [2.45, 2.75) is 19.3 Å². The summed E-state index contributed by atoms with van der Waals surface area (Å²) in [5, 5.41) is 2.07. The third-order valence-corrected chi connectivity index (χ3v) is 5.49. The van der Waals surface area contributed by atoms with Gasteiger partial charge in [-0.1, -0.05) is 48.6 Å². The van der Waals surface area contributed by atoms with Crippen LogP contribution in [0, 0.1) is 5.92 Å². The van der Waals surface area contributed by atoms with E-state index in [0.29, 0.717) is 38.5 Å². The molecule has 4 heteroatoms. The number of rotatable bonds is 3. The largest absolute Gasteiger partial charge is 0.339 e. The van der Waals surface area contributed by atoms with Crippen LogP contribution in [0.2, 0.25) is 0 Å². The molecule has 4 nitrogen and oxygen atoms in total. The summed E-state index contributed by atoms with van der Waals surface area (Å²) in [5.41, 5.74) is 0.749. The van der Waals surface area contributed by atoms with Gasteiger partial charge in [0, 0.05) is 38.2 Å². The minimum absolute atomic E-state index is 0.0626. The molecule has 1 atom stereocenters. The summed E-state index contributed by atoms with van der Waals surface area (Å²) >= 11 is 0. The Balaban J connectivity index is 1.40. The maximum atomic E-state index is 13.0. The first-order chi connectivity index (χ1) is 12.7. The zero-order valence-corrected chi connectivity index (χ0v) is 14.9. The van der Waals surface area contributed by atoms with Crippen molar-refractivity contribution >= 4 is 22.6 Å². The van der Waals surface area contributed by atoms with Gasteiger partial charge in [-0.25, -0.2) is 0 Å². The highest BCUT2D eigenvalue weighted by Gasteiger charge is 2.26. The molecule has 1 aliphatic carbocycles. The number of fused-ring (bicyclic) bond motifs is 1. The van der Waals surface area contributed by atoms with Crippen molar-refractivity contribution in [2.75, 3.05) is 26.2 Å². The summed E-state index contributed by atoms with van der Waals surface area (Å²) in [6, 6.07) is 13.8. The zero-order valence-electron chi connectivity index (χ0n) is 14.9. The number of amides is 2. The van der Waals surface area contributed by atoms with Crippen LogP contribution in [0.1, 0.15) is 29.6 Å². The Morgan fingerprint density at radius 3 is 2.42 bits per heavy atom. The number of benzene rings is 2. The highest BCUT2D eigenvalue weighted by molar-refractivity contribution is 6.07. The number of hydrogen-bond donors (Lipinski definition) is 0. The number of nitrogens with zero attached hydrogens (tertiary/aromatic N) is 2. The molecule has 1 saturated heterocycles. The van der Waals surface area contributed by atoms with Crippen molar-refractivity contribution < 1.29 is 9.59 Å². The Morgan fingerprint density at radius 2 is 1.65 bits per heavy atom. The predicted molar refractivity (Wildman–Crippen MR) is 103 cm³/mol. The molecule has 0 radical (unpaired) electrons. The Morgan fingerprint density at radius 1 is 0.923 bits per heavy atom. The zero-order chi connectivity index (χ0) is 17.9. The van der Waals surface area contributed by atoms with Gasteiger partial charge in [0.1, 0.15) is 0 Å². The average molecular weight is 348 g/mol. The van der Waals surface area contributed by atoms with Gasteiger partial charge in [0.2, 0.25) is 5.91 Å². The smallest absolute Gasteiger partial charge is 0.254 e. The summed E-state index contributed by atoms with van der Waals surface area (Å²) in [6.45, 7) is 2.47. The number of allylic oxidation sites excluding steroid dienone is 2. The second-order valence-electron chi connectivity index (χ2n) is 7.17. The monoisotopic (exact) mass is 348 g/mol. The van der Waals surface area contributed by atoms with E-state index < -0.39 is 0 Å². The van der Waals surface area contributed by atoms with E-state index in [4.69, 9.17) is 0 Å². The summed E-state index contributed by atoms with van der Waals surface area (Å²) in [4.78, 5) is 29.2. The van der Waals surface area contributed by atoms with Crippen LogP contribution in [-0.2, 0) is 4.79 Å². The lowest BCUT2D eigenvalue weighted by Gasteiger charge is -2.35. The molecule has 26 heavy (non-hydrogen) atoms. The molecule has 0 aromatic heterocycles. The van der Waals surface area contributed by atoms with Gasteiger partial charge in [-0.2, -0.15) is 0 Å². The van der Waals surface area contributed by atoms with Crippen molar-refractivity contribution in [3.63, 3.8) is 0 Å². The molecule has 134 valence electrons. The average Bonchev–Trinajstić information content (AvgIpc) is 3.20. The standard InChI is InChI=1S/C22H24N2O2/c25-21(16-17-6-1-2-7-17)23-12-14-24(15-13-23)22(26)20-11-5-9-18-8-3-4-10-19(18)20/h1,3-6,8-11,17H,2,7,12-16H2/t17-/m1/s1. The van der Waals surface area contributed by atoms with E-state index >= 15 is 0 Å². The molecule has 0 unspecified atom stereocenters. The van der Waals surface area contributed by atoms with Crippen LogP contribution in [-0.4, -0.2) is 47.8 Å². The van der Waals surface area contributed by atoms with Gasteiger partial charge >= 0.3 is 0 Å². The van der Waals surface area contributed by atoms with E-state index in [1.165, 1.54) is 0 Å². The summed E-state index contributed by atoms with van der Waals surface area (Å²) in [6.07, 6.45) is 7.11. The third-order valence-electron chi connectivity index (χ3n) is 5.49. The van der Waals surface area contributed by atoms with E-state index in [9.17, 15) is 9.59 Å². The number of carbonyl (C=O) groups is 2. The molecule has 1 heterocycles. The summed E-state index contributed by atoms with van der Waals surface area (Å²) in [5.74, 6) is 0.685. The number of hydrogen-bond acceptors (Lipinski definition) is 2. The van der Waals surface area contributed by atoms with Gasteiger partial charge in [0.15, 0.2) is 0 Å². The minimum atomic E-state index is 0.0626. The van der Waals surface area contributed by atoms with Crippen molar-refractivity contribution in [1.29, 1.82) is 0 Å². The lowest BCUT2D eigenvalue weighted by Crippen LogP contribution is -2.50. The molecule has 2 aromatic rings. The van der Waals surface area contributed by atoms with Crippen molar-refractivity contribution in [1.82, 2.24) is 9.80 Å². The Kier molecular flexibility index (Phi) is 4.74. The van der Waals surface area contributed by atoms with Crippen LogP contribution in [0.25, 0.3) is 10.8 Å². The Hall–Kier alpha value is -2.62. The Bertz CT molecular complexity index is 845. The highest BCUT2D eigenvalue weighted by Crippen LogP contribution is 2.23. The quantitative estimate of drug-likeness (QED) is 0.797. The molecule has 1 aliphatic heterocycles. The van der Waals surface area contributed by atoms with Crippen LogP contribution in [0.5, 0.6) is 0 Å². The van der Waals surface area contributed by atoms with Crippen LogP contribution in [0.15, 0.2) is 54.6 Å². The van der Waals surface area contributed by atoms with Crippen molar-refractivity contribution in [3.8, 4) is 0 Å². The second kappa shape index (κ2) is 7.32. The fourth-order valence-corrected chi connectivity index (χ4v) is 3.96. The highest BCUT2D eigenvalue weighted by atomic mass is 16.2. The normalized spacial score (nSPS) is 19.9. The number of carbonyl (C=O) groups excluding carboxylic acids is 2. The molecule has 0 bridgehead atoms. The second-order valence-corrected chi connectivity index (χ2v) is 7.17. The maximum absolute atomic E-state index is 13.0. The fourth-order valence-electron chi connectivity index (χ4n) is 3.96. The lowest BCUT2D eigenvalue weighted by molar-refractivity contribution is -0.133. The van der Waals surface area contributed by atoms with Crippen LogP contribution < -0.4 is 0 Å². The summed E-state index contributed by atoms with van der Waals surface area (Å²) < 4.78 is 0. The van der Waals surface area contributed by atoms with E-state index in [1.54, 1.807) is 0 Å². The Labute approximate surface area is 154 Å². The molecule has 4 rings (SSSR count). The molecule has 2 aromatic carbocycles. The molecule has 0 N–H and O–H groups in total. The molecular formula is C22H24N2O2. The van der Waals surface area contributed by atoms with Crippen LogP contribution in [0.4, 0.5) is 0 Å². The number of piperazine rings is 1. The minimum Gasteiger partial charge on any atom is -0.339 e. The summed E-state index contributed by atoms with van der Waals surface area (Å²) in [7, 11) is 0. The first-order valence-corrected chi connectivity index (χ1v) is 9.44. The van der Waals surface area contributed by atoms with Crippen molar-refractivity contribution in [2.24, 2.45) is 5.92 Å². The van der Waals surface area contributed by atoms with Crippen molar-refractivity contribution in [3.05, 3.63) is 60.2 Å². The third kappa shape index (κ3) is 3.36. The van der Waals surface area contributed by atoms with Gasteiger partial charge in [-0.05, 0) is 35.6 Å². The van der Waals surface area contributed by atoms with E-state index in [0.717, 1.165) is 29.2 Å². The molecule has 0 spiro atoms. The molecule has 0 saturated carbocycles. The molecular weight excluding hydrogens is 324 g/mol.